The van der Waals surface area contributed by atoms with Crippen LogP contribution in [-0.4, -0.2) is 40.3 Å². The molecule has 0 saturated carbocycles. The largest absolute Gasteiger partial charge is 0.478 e. The van der Waals surface area contributed by atoms with Crippen LogP contribution in [0.1, 0.15) is 29.0 Å². The van der Waals surface area contributed by atoms with Crippen LogP contribution in [0.5, 0.6) is 0 Å². The number of ether oxygens (including phenoxy) is 1. The third-order valence-corrected chi connectivity index (χ3v) is 3.78. The molecule has 3 rings (SSSR count). The molecule has 126 valence electrons. The number of anilines is 3. The van der Waals surface area contributed by atoms with E-state index < -0.39 is 5.97 Å². The van der Waals surface area contributed by atoms with Crippen molar-refractivity contribution in [3.05, 3.63) is 41.7 Å². The molecule has 7 heteroatoms. The van der Waals surface area contributed by atoms with Gasteiger partial charge in [-0.3, -0.25) is 0 Å². The van der Waals surface area contributed by atoms with Crippen molar-refractivity contribution >= 4 is 23.3 Å². The standard InChI is InChI=1S/C17H20N4O3/c1-11-19-15(18-10-14-3-2-8-24-14)9-16(20-11)21-13-6-4-12(5-7-13)17(22)23/h4-7,9,14H,2-3,8,10H2,1H3,(H,22,23)(H2,18,19,20,21). The van der Waals surface area contributed by atoms with Crippen LogP contribution < -0.4 is 10.6 Å². The van der Waals surface area contributed by atoms with E-state index in [0.717, 1.165) is 37.5 Å². The lowest BCUT2D eigenvalue weighted by Crippen LogP contribution is -2.19. The molecule has 3 N–H and O–H groups in total. The molecule has 2 heterocycles. The number of aromatic nitrogens is 2. The number of rotatable bonds is 6. The molecule has 0 bridgehead atoms. The summed E-state index contributed by atoms with van der Waals surface area (Å²) in [4.78, 5) is 19.6. The van der Waals surface area contributed by atoms with Gasteiger partial charge < -0.3 is 20.5 Å². The molecule has 2 aromatic rings. The number of carboxylic acid groups (broad SMARTS) is 1. The van der Waals surface area contributed by atoms with Crippen LogP contribution in [0.25, 0.3) is 0 Å². The van der Waals surface area contributed by atoms with E-state index in [4.69, 9.17) is 9.84 Å². The molecule has 1 atom stereocenters. The zero-order chi connectivity index (χ0) is 16.9. The summed E-state index contributed by atoms with van der Waals surface area (Å²) < 4.78 is 5.59. The van der Waals surface area contributed by atoms with Gasteiger partial charge in [-0.25, -0.2) is 14.8 Å². The number of nitrogens with zero attached hydrogens (tertiary/aromatic N) is 2. The Balaban J connectivity index is 1.67. The first-order chi connectivity index (χ1) is 11.6. The summed E-state index contributed by atoms with van der Waals surface area (Å²) in [6.07, 6.45) is 2.41. The van der Waals surface area contributed by atoms with E-state index in [9.17, 15) is 4.79 Å². The lowest BCUT2D eigenvalue weighted by molar-refractivity contribution is 0.0697. The first-order valence-corrected chi connectivity index (χ1v) is 7.92. The van der Waals surface area contributed by atoms with E-state index in [1.807, 2.05) is 13.0 Å². The first kappa shape index (κ1) is 16.2. The van der Waals surface area contributed by atoms with Crippen molar-refractivity contribution < 1.29 is 14.6 Å². The highest BCUT2D eigenvalue weighted by Gasteiger charge is 2.15. The highest BCUT2D eigenvalue weighted by atomic mass is 16.5. The third-order valence-electron chi connectivity index (χ3n) is 3.78. The van der Waals surface area contributed by atoms with Crippen LogP contribution in [0.15, 0.2) is 30.3 Å². The Bertz CT molecular complexity index is 712. The molecule has 1 aliphatic rings. The summed E-state index contributed by atoms with van der Waals surface area (Å²) in [6, 6.07) is 8.35. The molecular formula is C17H20N4O3. The van der Waals surface area contributed by atoms with Crippen molar-refractivity contribution in [2.45, 2.75) is 25.9 Å². The monoisotopic (exact) mass is 328 g/mol. The minimum atomic E-state index is -0.944. The van der Waals surface area contributed by atoms with Crippen molar-refractivity contribution in [2.24, 2.45) is 0 Å². The van der Waals surface area contributed by atoms with Gasteiger partial charge in [0, 0.05) is 24.9 Å². The zero-order valence-corrected chi connectivity index (χ0v) is 13.5. The zero-order valence-electron chi connectivity index (χ0n) is 13.5. The van der Waals surface area contributed by atoms with Gasteiger partial charge in [-0.15, -0.1) is 0 Å². The summed E-state index contributed by atoms with van der Waals surface area (Å²) in [5.41, 5.74) is 1.02. The van der Waals surface area contributed by atoms with Gasteiger partial charge in [-0.05, 0) is 44.0 Å². The molecule has 0 spiro atoms. The Morgan fingerprint density at radius 1 is 1.29 bits per heavy atom. The normalized spacial score (nSPS) is 16.8. The van der Waals surface area contributed by atoms with E-state index in [-0.39, 0.29) is 11.7 Å². The molecule has 1 fully saturated rings. The number of aromatic carboxylic acids is 1. The summed E-state index contributed by atoms with van der Waals surface area (Å²) in [5, 5.41) is 15.4. The lowest BCUT2D eigenvalue weighted by atomic mass is 10.2. The number of hydrogen-bond acceptors (Lipinski definition) is 6. The van der Waals surface area contributed by atoms with Crippen LogP contribution in [0.3, 0.4) is 0 Å². The molecule has 7 nitrogen and oxygen atoms in total. The Labute approximate surface area is 140 Å². The van der Waals surface area contributed by atoms with Crippen molar-refractivity contribution in [3.63, 3.8) is 0 Å². The molecule has 1 aromatic carbocycles. The number of carbonyl (C=O) groups is 1. The second-order valence-corrected chi connectivity index (χ2v) is 5.71. The maximum absolute atomic E-state index is 10.9. The molecule has 1 saturated heterocycles. The Morgan fingerprint density at radius 2 is 2.04 bits per heavy atom. The lowest BCUT2D eigenvalue weighted by Gasteiger charge is -2.13. The van der Waals surface area contributed by atoms with Crippen LogP contribution in [0.2, 0.25) is 0 Å². The van der Waals surface area contributed by atoms with E-state index in [0.29, 0.717) is 11.6 Å². The number of nitrogens with one attached hydrogen (secondary N) is 2. The quantitative estimate of drug-likeness (QED) is 0.750. The topological polar surface area (TPSA) is 96.4 Å². The van der Waals surface area contributed by atoms with Gasteiger partial charge in [0.25, 0.3) is 0 Å². The van der Waals surface area contributed by atoms with Gasteiger partial charge in [-0.2, -0.15) is 0 Å². The fourth-order valence-corrected chi connectivity index (χ4v) is 2.59. The summed E-state index contributed by atoms with van der Waals surface area (Å²) >= 11 is 0. The number of benzene rings is 1. The van der Waals surface area contributed by atoms with E-state index >= 15 is 0 Å². The molecule has 24 heavy (non-hydrogen) atoms. The van der Waals surface area contributed by atoms with Gasteiger partial charge in [-0.1, -0.05) is 0 Å². The van der Waals surface area contributed by atoms with Gasteiger partial charge in [0.2, 0.25) is 0 Å². The Morgan fingerprint density at radius 3 is 2.71 bits per heavy atom. The minimum absolute atomic E-state index is 0.236. The van der Waals surface area contributed by atoms with Crippen LogP contribution in [-0.2, 0) is 4.74 Å². The highest BCUT2D eigenvalue weighted by molar-refractivity contribution is 5.88. The van der Waals surface area contributed by atoms with Gasteiger partial charge >= 0.3 is 5.97 Å². The fourth-order valence-electron chi connectivity index (χ4n) is 2.59. The molecule has 0 aliphatic carbocycles. The van der Waals surface area contributed by atoms with E-state index in [2.05, 4.69) is 20.6 Å². The summed E-state index contributed by atoms with van der Waals surface area (Å²) in [7, 11) is 0. The second-order valence-electron chi connectivity index (χ2n) is 5.71. The second kappa shape index (κ2) is 7.27. The fraction of sp³-hybridized carbons (Fsp3) is 0.353. The molecule has 1 unspecified atom stereocenters. The van der Waals surface area contributed by atoms with E-state index in [1.54, 1.807) is 24.3 Å². The predicted molar refractivity (Wildman–Crippen MR) is 90.9 cm³/mol. The van der Waals surface area contributed by atoms with Gasteiger partial charge in [0.1, 0.15) is 17.5 Å². The third kappa shape index (κ3) is 4.20. The molecule has 1 aromatic heterocycles. The molecular weight excluding hydrogens is 308 g/mol. The van der Waals surface area contributed by atoms with Crippen molar-refractivity contribution in [3.8, 4) is 0 Å². The average Bonchev–Trinajstić information content (AvgIpc) is 3.06. The summed E-state index contributed by atoms with van der Waals surface area (Å²) in [6.45, 7) is 3.38. The van der Waals surface area contributed by atoms with Crippen molar-refractivity contribution in [1.29, 1.82) is 0 Å². The number of hydrogen-bond donors (Lipinski definition) is 3. The van der Waals surface area contributed by atoms with Crippen molar-refractivity contribution in [1.82, 2.24) is 9.97 Å². The van der Waals surface area contributed by atoms with Gasteiger partial charge in [0.05, 0.1) is 11.7 Å². The number of carboxylic acids is 1. The van der Waals surface area contributed by atoms with Crippen molar-refractivity contribution in [2.75, 3.05) is 23.8 Å². The maximum Gasteiger partial charge on any atom is 0.335 e. The van der Waals surface area contributed by atoms with Gasteiger partial charge in [0.15, 0.2) is 0 Å². The molecule has 0 radical (unpaired) electrons. The highest BCUT2D eigenvalue weighted by Crippen LogP contribution is 2.19. The predicted octanol–water partition coefficient (Wildman–Crippen LogP) is 2.82. The SMILES string of the molecule is Cc1nc(NCC2CCCO2)cc(Nc2ccc(C(=O)O)cc2)n1. The van der Waals surface area contributed by atoms with Crippen LogP contribution >= 0.6 is 0 Å². The molecule has 0 amide bonds. The maximum atomic E-state index is 10.9. The Hall–Kier alpha value is -2.67. The Kier molecular flexibility index (Phi) is 4.90. The smallest absolute Gasteiger partial charge is 0.335 e. The average molecular weight is 328 g/mol. The van der Waals surface area contributed by atoms with Crippen LogP contribution in [0.4, 0.5) is 17.3 Å². The minimum Gasteiger partial charge on any atom is -0.478 e. The first-order valence-electron chi connectivity index (χ1n) is 7.92. The van der Waals surface area contributed by atoms with Crippen LogP contribution in [0, 0.1) is 6.92 Å². The molecule has 1 aliphatic heterocycles. The number of aryl methyl sites for hydroxylation is 1. The summed E-state index contributed by atoms with van der Waals surface area (Å²) in [5.74, 6) is 1.10. The van der Waals surface area contributed by atoms with E-state index in [1.165, 1.54) is 0 Å².